The van der Waals surface area contributed by atoms with Gasteiger partial charge in [-0.15, -0.1) is 0 Å². The summed E-state index contributed by atoms with van der Waals surface area (Å²) < 4.78 is 18.6. The van der Waals surface area contributed by atoms with E-state index in [1.807, 2.05) is 4.90 Å². The van der Waals surface area contributed by atoms with Crippen LogP contribution < -0.4 is 4.90 Å². The molecule has 0 unspecified atom stereocenters. The molecule has 1 amide bonds. The zero-order valence-electron chi connectivity index (χ0n) is 13.8. The first-order valence-corrected chi connectivity index (χ1v) is 8.34. The van der Waals surface area contributed by atoms with Crippen LogP contribution in [0.4, 0.5) is 10.3 Å². The lowest BCUT2D eigenvalue weighted by Gasteiger charge is -2.34. The summed E-state index contributed by atoms with van der Waals surface area (Å²) in [6.45, 7) is 1.64. The standard InChI is InChI=1S/C17H16ClFN4O3/c18-12-2-3-13(14(19)10-12)16(25)26-11-15(24)22-6-8-23(9-7-22)17-20-4-1-5-21-17/h1-5,10H,6-9,11H2. The molecule has 1 aliphatic heterocycles. The molecule has 2 aromatic rings. The molecule has 0 aliphatic carbocycles. The van der Waals surface area contributed by atoms with Crippen LogP contribution in [0.2, 0.25) is 5.02 Å². The van der Waals surface area contributed by atoms with Crippen LogP contribution in [-0.4, -0.2) is 59.5 Å². The monoisotopic (exact) mass is 378 g/mol. The third-order valence-electron chi connectivity index (χ3n) is 3.95. The predicted molar refractivity (Wildman–Crippen MR) is 92.5 cm³/mol. The van der Waals surface area contributed by atoms with Crippen LogP contribution in [0.1, 0.15) is 10.4 Å². The minimum absolute atomic E-state index is 0.176. The Morgan fingerprint density at radius 3 is 2.50 bits per heavy atom. The van der Waals surface area contributed by atoms with E-state index in [1.165, 1.54) is 12.1 Å². The topological polar surface area (TPSA) is 75.6 Å². The average Bonchev–Trinajstić information content (AvgIpc) is 2.66. The van der Waals surface area contributed by atoms with Crippen molar-refractivity contribution in [1.29, 1.82) is 0 Å². The number of benzene rings is 1. The molecule has 1 aromatic carbocycles. The normalized spacial score (nSPS) is 14.2. The Morgan fingerprint density at radius 2 is 1.85 bits per heavy atom. The van der Waals surface area contributed by atoms with Gasteiger partial charge in [-0.3, -0.25) is 4.79 Å². The average molecular weight is 379 g/mol. The molecular weight excluding hydrogens is 363 g/mol. The highest BCUT2D eigenvalue weighted by molar-refractivity contribution is 6.30. The second-order valence-corrected chi connectivity index (χ2v) is 6.05. The van der Waals surface area contributed by atoms with Crippen LogP contribution in [0.15, 0.2) is 36.7 Å². The molecule has 0 atom stereocenters. The molecule has 2 heterocycles. The fraction of sp³-hybridized carbons (Fsp3) is 0.294. The largest absolute Gasteiger partial charge is 0.452 e. The number of rotatable bonds is 4. The second-order valence-electron chi connectivity index (χ2n) is 5.62. The molecule has 0 radical (unpaired) electrons. The number of hydrogen-bond donors (Lipinski definition) is 0. The first-order valence-electron chi connectivity index (χ1n) is 7.96. The molecule has 136 valence electrons. The van der Waals surface area contributed by atoms with Gasteiger partial charge in [0.15, 0.2) is 6.61 Å². The quantitative estimate of drug-likeness (QED) is 0.755. The smallest absolute Gasteiger partial charge is 0.341 e. The van der Waals surface area contributed by atoms with Crippen molar-refractivity contribution in [2.24, 2.45) is 0 Å². The molecule has 26 heavy (non-hydrogen) atoms. The van der Waals surface area contributed by atoms with Gasteiger partial charge in [-0.25, -0.2) is 19.2 Å². The maximum absolute atomic E-state index is 13.7. The molecule has 1 aromatic heterocycles. The molecule has 9 heteroatoms. The van der Waals surface area contributed by atoms with Crippen molar-refractivity contribution in [2.75, 3.05) is 37.7 Å². The van der Waals surface area contributed by atoms with E-state index in [9.17, 15) is 14.0 Å². The summed E-state index contributed by atoms with van der Waals surface area (Å²) in [4.78, 5) is 36.0. The van der Waals surface area contributed by atoms with Gasteiger partial charge >= 0.3 is 5.97 Å². The van der Waals surface area contributed by atoms with Crippen molar-refractivity contribution in [2.45, 2.75) is 0 Å². The highest BCUT2D eigenvalue weighted by Crippen LogP contribution is 2.16. The molecule has 1 saturated heterocycles. The van der Waals surface area contributed by atoms with Crippen molar-refractivity contribution >= 4 is 29.4 Å². The van der Waals surface area contributed by atoms with Gasteiger partial charge < -0.3 is 14.5 Å². The molecule has 0 saturated carbocycles. The fourth-order valence-corrected chi connectivity index (χ4v) is 2.72. The zero-order valence-corrected chi connectivity index (χ0v) is 14.5. The highest BCUT2D eigenvalue weighted by atomic mass is 35.5. The number of hydrogen-bond acceptors (Lipinski definition) is 6. The number of halogens is 2. The van der Waals surface area contributed by atoms with Crippen molar-refractivity contribution in [3.63, 3.8) is 0 Å². The van der Waals surface area contributed by atoms with Gasteiger partial charge in [-0.2, -0.15) is 0 Å². The maximum atomic E-state index is 13.7. The van der Waals surface area contributed by atoms with E-state index in [-0.39, 0.29) is 16.5 Å². The number of ether oxygens (including phenoxy) is 1. The van der Waals surface area contributed by atoms with Crippen LogP contribution >= 0.6 is 11.6 Å². The summed E-state index contributed by atoms with van der Waals surface area (Å²) in [5.74, 6) is -1.40. The molecule has 0 N–H and O–H groups in total. The Balaban J connectivity index is 1.49. The molecule has 3 rings (SSSR count). The molecule has 7 nitrogen and oxygen atoms in total. The SMILES string of the molecule is O=C(OCC(=O)N1CCN(c2ncccn2)CC1)c1ccc(Cl)cc1F. The van der Waals surface area contributed by atoms with Crippen molar-refractivity contribution in [1.82, 2.24) is 14.9 Å². The van der Waals surface area contributed by atoms with Crippen molar-refractivity contribution in [3.05, 3.63) is 53.1 Å². The number of carbonyl (C=O) groups is 2. The van der Waals surface area contributed by atoms with Gasteiger partial charge in [0.05, 0.1) is 5.56 Å². The Labute approximate surface area is 154 Å². The first kappa shape index (κ1) is 18.1. The fourth-order valence-electron chi connectivity index (χ4n) is 2.56. The van der Waals surface area contributed by atoms with E-state index >= 15 is 0 Å². The van der Waals surface area contributed by atoms with Crippen molar-refractivity contribution in [3.8, 4) is 0 Å². The van der Waals surface area contributed by atoms with Crippen LogP contribution in [0, 0.1) is 5.82 Å². The second kappa shape index (κ2) is 8.09. The highest BCUT2D eigenvalue weighted by Gasteiger charge is 2.24. The van der Waals surface area contributed by atoms with E-state index in [0.717, 1.165) is 6.07 Å². The number of piperazine rings is 1. The Hall–Kier alpha value is -2.74. The summed E-state index contributed by atoms with van der Waals surface area (Å²) in [5.41, 5.74) is -0.256. The molecule has 0 spiro atoms. The van der Waals surface area contributed by atoms with E-state index in [0.29, 0.717) is 32.1 Å². The minimum atomic E-state index is -0.899. The molecule has 1 fully saturated rings. The van der Waals surface area contributed by atoms with Gasteiger partial charge in [0.25, 0.3) is 5.91 Å². The summed E-state index contributed by atoms with van der Waals surface area (Å²) in [6.07, 6.45) is 3.32. The van der Waals surface area contributed by atoms with Gasteiger partial charge in [0, 0.05) is 43.6 Å². The Kier molecular flexibility index (Phi) is 5.62. The lowest BCUT2D eigenvalue weighted by Crippen LogP contribution is -2.50. The molecular formula is C17H16ClFN4O3. The number of amides is 1. The van der Waals surface area contributed by atoms with Gasteiger partial charge in [-0.1, -0.05) is 11.6 Å². The summed E-state index contributed by atoms with van der Waals surface area (Å²) >= 11 is 5.64. The van der Waals surface area contributed by atoms with Crippen LogP contribution in [0.25, 0.3) is 0 Å². The van der Waals surface area contributed by atoms with Gasteiger partial charge in [0.2, 0.25) is 5.95 Å². The Bertz CT molecular complexity index is 798. The van der Waals surface area contributed by atoms with E-state index in [1.54, 1.807) is 23.4 Å². The van der Waals surface area contributed by atoms with E-state index in [2.05, 4.69) is 9.97 Å². The minimum Gasteiger partial charge on any atom is -0.452 e. The maximum Gasteiger partial charge on any atom is 0.341 e. The van der Waals surface area contributed by atoms with Crippen molar-refractivity contribution < 1.29 is 18.7 Å². The lowest BCUT2D eigenvalue weighted by atomic mass is 10.2. The molecule has 1 aliphatic rings. The summed E-state index contributed by atoms with van der Waals surface area (Å²) in [5, 5.41) is 0.176. The zero-order chi connectivity index (χ0) is 18.5. The molecule has 0 bridgehead atoms. The first-order chi connectivity index (χ1) is 12.5. The van der Waals surface area contributed by atoms with Crippen LogP contribution in [-0.2, 0) is 9.53 Å². The number of nitrogens with zero attached hydrogens (tertiary/aromatic N) is 4. The van der Waals surface area contributed by atoms with Crippen LogP contribution in [0.5, 0.6) is 0 Å². The number of aromatic nitrogens is 2. The third kappa shape index (κ3) is 4.26. The third-order valence-corrected chi connectivity index (χ3v) is 4.18. The van der Waals surface area contributed by atoms with Gasteiger partial charge in [-0.05, 0) is 24.3 Å². The van der Waals surface area contributed by atoms with Crippen LogP contribution in [0.3, 0.4) is 0 Å². The predicted octanol–water partition coefficient (Wildman–Crippen LogP) is 1.77. The number of anilines is 1. The lowest BCUT2D eigenvalue weighted by molar-refractivity contribution is -0.134. The number of carbonyl (C=O) groups excluding carboxylic acids is 2. The summed E-state index contributed by atoms with van der Waals surface area (Å²) in [7, 11) is 0. The summed E-state index contributed by atoms with van der Waals surface area (Å²) in [6, 6.07) is 5.36. The van der Waals surface area contributed by atoms with E-state index in [4.69, 9.17) is 16.3 Å². The van der Waals surface area contributed by atoms with E-state index < -0.39 is 18.4 Å². The Morgan fingerprint density at radius 1 is 1.15 bits per heavy atom. The van der Waals surface area contributed by atoms with Gasteiger partial charge in [0.1, 0.15) is 5.82 Å². The number of esters is 1.